The number of ether oxygens (including phenoxy) is 2. The quantitative estimate of drug-likeness (QED) is 0.808. The SMILES string of the molecule is CC(C)CC(=O)N1CCCN(S(=O)(=O)c2ccc3c(c2)OCO3)CC1. The van der Waals surface area contributed by atoms with E-state index in [0.29, 0.717) is 56.4 Å². The molecule has 138 valence electrons. The Morgan fingerprint density at radius 1 is 1.12 bits per heavy atom. The van der Waals surface area contributed by atoms with Gasteiger partial charge in [0.1, 0.15) is 0 Å². The van der Waals surface area contributed by atoms with Crippen LogP contribution in [0.5, 0.6) is 11.5 Å². The number of sulfonamides is 1. The lowest BCUT2D eigenvalue weighted by Gasteiger charge is -2.22. The summed E-state index contributed by atoms with van der Waals surface area (Å²) in [6.07, 6.45) is 1.13. The highest BCUT2D eigenvalue weighted by Gasteiger charge is 2.29. The van der Waals surface area contributed by atoms with E-state index >= 15 is 0 Å². The molecule has 0 unspecified atom stereocenters. The third-order valence-electron chi connectivity index (χ3n) is 4.37. The number of benzene rings is 1. The van der Waals surface area contributed by atoms with Crippen LogP contribution in [-0.4, -0.2) is 56.5 Å². The second kappa shape index (κ2) is 7.21. The van der Waals surface area contributed by atoms with Crippen molar-refractivity contribution in [3.8, 4) is 11.5 Å². The Kier molecular flexibility index (Phi) is 5.19. The van der Waals surface area contributed by atoms with Crippen LogP contribution < -0.4 is 9.47 Å². The number of fused-ring (bicyclic) bond motifs is 1. The van der Waals surface area contributed by atoms with Crippen molar-refractivity contribution < 1.29 is 22.7 Å². The predicted octanol–water partition coefficient (Wildman–Crippen LogP) is 1.68. The van der Waals surface area contributed by atoms with Crippen molar-refractivity contribution in [2.45, 2.75) is 31.6 Å². The van der Waals surface area contributed by atoms with Gasteiger partial charge >= 0.3 is 0 Å². The molecule has 3 rings (SSSR count). The molecular weight excluding hydrogens is 344 g/mol. The topological polar surface area (TPSA) is 76.2 Å². The van der Waals surface area contributed by atoms with Crippen molar-refractivity contribution in [1.82, 2.24) is 9.21 Å². The third-order valence-corrected chi connectivity index (χ3v) is 6.27. The summed E-state index contributed by atoms with van der Waals surface area (Å²) in [5.41, 5.74) is 0. The predicted molar refractivity (Wildman–Crippen MR) is 92.0 cm³/mol. The second-order valence-electron chi connectivity index (χ2n) is 6.75. The molecule has 1 aromatic rings. The van der Waals surface area contributed by atoms with Crippen LogP contribution in [0.3, 0.4) is 0 Å². The smallest absolute Gasteiger partial charge is 0.243 e. The average Bonchev–Trinajstić information content (AvgIpc) is 2.87. The summed E-state index contributed by atoms with van der Waals surface area (Å²) >= 11 is 0. The molecule has 0 bridgehead atoms. The highest BCUT2D eigenvalue weighted by Crippen LogP contribution is 2.34. The van der Waals surface area contributed by atoms with Gasteiger partial charge in [0, 0.05) is 38.7 Å². The van der Waals surface area contributed by atoms with E-state index in [0.717, 1.165) is 0 Å². The van der Waals surface area contributed by atoms with Crippen LogP contribution >= 0.6 is 0 Å². The molecule has 2 heterocycles. The van der Waals surface area contributed by atoms with Gasteiger partial charge in [0.25, 0.3) is 0 Å². The largest absolute Gasteiger partial charge is 0.454 e. The number of hydrogen-bond donors (Lipinski definition) is 0. The summed E-state index contributed by atoms with van der Waals surface area (Å²) in [4.78, 5) is 14.2. The minimum atomic E-state index is -3.62. The fraction of sp³-hybridized carbons (Fsp3) is 0.588. The van der Waals surface area contributed by atoms with E-state index in [2.05, 4.69) is 0 Å². The van der Waals surface area contributed by atoms with E-state index in [4.69, 9.17) is 9.47 Å². The Labute approximate surface area is 148 Å². The highest BCUT2D eigenvalue weighted by atomic mass is 32.2. The number of rotatable bonds is 4. The van der Waals surface area contributed by atoms with Gasteiger partial charge in [-0.15, -0.1) is 0 Å². The number of hydrogen-bond acceptors (Lipinski definition) is 5. The Balaban J connectivity index is 1.72. The van der Waals surface area contributed by atoms with Gasteiger partial charge in [0.2, 0.25) is 22.7 Å². The van der Waals surface area contributed by atoms with E-state index in [1.165, 1.54) is 16.4 Å². The lowest BCUT2D eigenvalue weighted by Crippen LogP contribution is -2.37. The van der Waals surface area contributed by atoms with Crippen molar-refractivity contribution in [1.29, 1.82) is 0 Å². The van der Waals surface area contributed by atoms with E-state index in [1.54, 1.807) is 11.0 Å². The Bertz CT molecular complexity index is 747. The molecule has 8 heteroatoms. The van der Waals surface area contributed by atoms with Crippen LogP contribution in [0.1, 0.15) is 26.7 Å². The van der Waals surface area contributed by atoms with Crippen molar-refractivity contribution >= 4 is 15.9 Å². The molecule has 2 aliphatic heterocycles. The molecule has 0 radical (unpaired) electrons. The molecule has 2 aliphatic rings. The monoisotopic (exact) mass is 368 g/mol. The molecule has 7 nitrogen and oxygen atoms in total. The summed E-state index contributed by atoms with van der Waals surface area (Å²) in [5.74, 6) is 1.39. The molecule has 0 aliphatic carbocycles. The van der Waals surface area contributed by atoms with Crippen LogP contribution in [0.15, 0.2) is 23.1 Å². The molecule has 0 aromatic heterocycles. The van der Waals surface area contributed by atoms with Gasteiger partial charge in [-0.05, 0) is 24.5 Å². The lowest BCUT2D eigenvalue weighted by molar-refractivity contribution is -0.131. The van der Waals surface area contributed by atoms with Crippen LogP contribution in [0, 0.1) is 5.92 Å². The maximum Gasteiger partial charge on any atom is 0.243 e. The molecule has 0 spiro atoms. The first-order chi connectivity index (χ1) is 11.9. The van der Waals surface area contributed by atoms with Gasteiger partial charge in [0.15, 0.2) is 11.5 Å². The van der Waals surface area contributed by atoms with E-state index in [1.807, 2.05) is 13.8 Å². The third kappa shape index (κ3) is 3.90. The van der Waals surface area contributed by atoms with Crippen molar-refractivity contribution in [3.05, 3.63) is 18.2 Å². The molecular formula is C17H24N2O5S. The standard InChI is InChI=1S/C17H24N2O5S/c1-13(2)10-17(20)18-6-3-7-19(9-8-18)25(21,22)14-4-5-15-16(11-14)24-12-23-15/h4-5,11,13H,3,6-10,12H2,1-2H3. The zero-order valence-electron chi connectivity index (χ0n) is 14.6. The van der Waals surface area contributed by atoms with Crippen molar-refractivity contribution in [3.63, 3.8) is 0 Å². The van der Waals surface area contributed by atoms with Crippen molar-refractivity contribution in [2.75, 3.05) is 33.0 Å². The minimum Gasteiger partial charge on any atom is -0.454 e. The summed E-state index contributed by atoms with van der Waals surface area (Å²) in [6, 6.07) is 4.66. The summed E-state index contributed by atoms with van der Waals surface area (Å²) < 4.78 is 37.8. The van der Waals surface area contributed by atoms with Crippen LogP contribution in [-0.2, 0) is 14.8 Å². The Hall–Kier alpha value is -1.80. The number of amides is 1. The number of nitrogens with zero attached hydrogens (tertiary/aromatic N) is 2. The van der Waals surface area contributed by atoms with Gasteiger partial charge < -0.3 is 14.4 Å². The molecule has 1 saturated heterocycles. The summed E-state index contributed by atoms with van der Waals surface area (Å²) in [7, 11) is -3.62. The fourth-order valence-electron chi connectivity index (χ4n) is 3.05. The van der Waals surface area contributed by atoms with Gasteiger partial charge in [-0.1, -0.05) is 13.8 Å². The first-order valence-corrected chi connectivity index (χ1v) is 9.99. The molecule has 1 fully saturated rings. The van der Waals surface area contributed by atoms with E-state index < -0.39 is 10.0 Å². The summed E-state index contributed by atoms with van der Waals surface area (Å²) in [6.45, 7) is 5.85. The lowest BCUT2D eigenvalue weighted by atomic mass is 10.1. The zero-order chi connectivity index (χ0) is 18.0. The van der Waals surface area contributed by atoms with Crippen LogP contribution in [0.4, 0.5) is 0 Å². The molecule has 25 heavy (non-hydrogen) atoms. The molecule has 0 saturated carbocycles. The average molecular weight is 368 g/mol. The van der Waals surface area contributed by atoms with E-state index in [9.17, 15) is 13.2 Å². The molecule has 1 aromatic carbocycles. The maximum atomic E-state index is 12.9. The maximum absolute atomic E-state index is 12.9. The minimum absolute atomic E-state index is 0.0947. The zero-order valence-corrected chi connectivity index (χ0v) is 15.4. The summed E-state index contributed by atoms with van der Waals surface area (Å²) in [5, 5.41) is 0. The number of carbonyl (C=O) groups excluding carboxylic acids is 1. The van der Waals surface area contributed by atoms with Gasteiger partial charge in [-0.25, -0.2) is 8.42 Å². The van der Waals surface area contributed by atoms with Gasteiger partial charge in [-0.2, -0.15) is 4.31 Å². The Morgan fingerprint density at radius 2 is 1.88 bits per heavy atom. The second-order valence-corrected chi connectivity index (χ2v) is 8.69. The molecule has 1 amide bonds. The normalized spacial score (nSPS) is 18.4. The Morgan fingerprint density at radius 3 is 2.64 bits per heavy atom. The van der Waals surface area contributed by atoms with Gasteiger partial charge in [0.05, 0.1) is 4.90 Å². The molecule has 0 atom stereocenters. The first-order valence-electron chi connectivity index (χ1n) is 8.55. The highest BCUT2D eigenvalue weighted by molar-refractivity contribution is 7.89. The van der Waals surface area contributed by atoms with Crippen LogP contribution in [0.25, 0.3) is 0 Å². The van der Waals surface area contributed by atoms with Gasteiger partial charge in [-0.3, -0.25) is 4.79 Å². The molecule has 0 N–H and O–H groups in total. The van der Waals surface area contributed by atoms with Crippen molar-refractivity contribution in [2.24, 2.45) is 5.92 Å². The fourth-order valence-corrected chi connectivity index (χ4v) is 4.53. The van der Waals surface area contributed by atoms with Crippen LogP contribution in [0.2, 0.25) is 0 Å². The van der Waals surface area contributed by atoms with E-state index in [-0.39, 0.29) is 17.6 Å². The number of carbonyl (C=O) groups is 1. The first kappa shape index (κ1) is 18.0.